The summed E-state index contributed by atoms with van der Waals surface area (Å²) in [5.41, 5.74) is 2.20. The summed E-state index contributed by atoms with van der Waals surface area (Å²) in [6, 6.07) is 8.35. The number of aromatic amines is 2. The number of H-pyrrole nitrogens is 2. The highest BCUT2D eigenvalue weighted by Crippen LogP contribution is 2.35. The van der Waals surface area contributed by atoms with Crippen LogP contribution in [0.4, 0.5) is 0 Å². The van der Waals surface area contributed by atoms with Crippen molar-refractivity contribution in [2.24, 2.45) is 0 Å². The van der Waals surface area contributed by atoms with Crippen LogP contribution in [0.25, 0.3) is 11.4 Å². The van der Waals surface area contributed by atoms with E-state index in [-0.39, 0.29) is 17.7 Å². The number of carbonyl (C=O) groups is 1. The van der Waals surface area contributed by atoms with E-state index in [4.69, 9.17) is 9.84 Å². The molecular weight excluding hydrogens is 336 g/mol. The Morgan fingerprint density at radius 1 is 1.12 bits per heavy atom. The van der Waals surface area contributed by atoms with Gasteiger partial charge >= 0.3 is 5.97 Å². The van der Waals surface area contributed by atoms with Gasteiger partial charge in [0.15, 0.2) is 5.82 Å². The highest BCUT2D eigenvalue weighted by atomic mass is 16.5. The fourth-order valence-corrected chi connectivity index (χ4v) is 3.37. The average molecular weight is 354 g/mol. The molecule has 1 saturated carbocycles. The molecule has 1 aromatic carbocycles. The van der Waals surface area contributed by atoms with Crippen molar-refractivity contribution >= 4 is 5.97 Å². The van der Waals surface area contributed by atoms with Crippen molar-refractivity contribution in [2.45, 2.75) is 37.7 Å². The van der Waals surface area contributed by atoms with Gasteiger partial charge in [-0.15, -0.1) is 10.2 Å². The first-order valence-electron chi connectivity index (χ1n) is 8.48. The summed E-state index contributed by atoms with van der Waals surface area (Å²) in [6.07, 6.45) is 5.18. The second-order valence-electron chi connectivity index (χ2n) is 6.35. The van der Waals surface area contributed by atoms with Gasteiger partial charge in [-0.2, -0.15) is 0 Å². The molecule has 9 heteroatoms. The highest BCUT2D eigenvalue weighted by Gasteiger charge is 2.26. The first-order chi connectivity index (χ1) is 12.7. The molecule has 2 aromatic heterocycles. The van der Waals surface area contributed by atoms with Gasteiger partial charge in [0.05, 0.1) is 0 Å². The molecule has 9 nitrogen and oxygen atoms in total. The van der Waals surface area contributed by atoms with Crippen LogP contribution < -0.4 is 4.74 Å². The quantitative estimate of drug-likeness (QED) is 0.641. The average Bonchev–Trinajstić information content (AvgIpc) is 3.34. The number of nitrogens with zero attached hydrogens (tertiary/aromatic N) is 4. The maximum absolute atomic E-state index is 11.1. The Balaban J connectivity index is 1.36. The van der Waals surface area contributed by atoms with Gasteiger partial charge < -0.3 is 14.8 Å². The molecule has 1 aliphatic carbocycles. The van der Waals surface area contributed by atoms with Crippen LogP contribution in [0.3, 0.4) is 0 Å². The summed E-state index contributed by atoms with van der Waals surface area (Å²) in [6.45, 7) is 0. The molecule has 0 bridgehead atoms. The molecule has 0 spiro atoms. The number of nitrogens with one attached hydrogen (secondary N) is 2. The summed E-state index contributed by atoms with van der Waals surface area (Å²) in [4.78, 5) is 14.1. The minimum Gasteiger partial charge on any atom is -0.476 e. The van der Waals surface area contributed by atoms with E-state index in [0.717, 1.165) is 37.1 Å². The number of carboxylic acids is 1. The number of rotatable bonds is 5. The molecule has 0 unspecified atom stereocenters. The molecule has 1 aliphatic rings. The van der Waals surface area contributed by atoms with Crippen LogP contribution in [0, 0.1) is 0 Å². The first kappa shape index (κ1) is 16.2. The fourth-order valence-electron chi connectivity index (χ4n) is 3.37. The Morgan fingerprint density at radius 2 is 1.88 bits per heavy atom. The third-order valence-electron chi connectivity index (χ3n) is 4.76. The largest absolute Gasteiger partial charge is 0.476 e. The van der Waals surface area contributed by atoms with Crippen LogP contribution >= 0.6 is 0 Å². The zero-order valence-corrected chi connectivity index (χ0v) is 13.9. The third kappa shape index (κ3) is 3.28. The van der Waals surface area contributed by atoms with Gasteiger partial charge in [0.1, 0.15) is 12.4 Å². The summed E-state index contributed by atoms with van der Waals surface area (Å²) < 4.78 is 5.73. The number of hydrogen-bond donors (Lipinski definition) is 3. The van der Waals surface area contributed by atoms with Crippen molar-refractivity contribution < 1.29 is 14.6 Å². The van der Waals surface area contributed by atoms with E-state index >= 15 is 0 Å². The van der Waals surface area contributed by atoms with E-state index in [1.54, 1.807) is 6.33 Å². The Bertz CT molecular complexity index is 866. The van der Waals surface area contributed by atoms with Crippen LogP contribution in [-0.2, 0) is 0 Å². The van der Waals surface area contributed by atoms with Crippen LogP contribution in [0.1, 0.15) is 47.7 Å². The van der Waals surface area contributed by atoms with E-state index in [1.807, 2.05) is 12.1 Å². The SMILES string of the molecule is O=C(O)c1[nH]nnc1OC1CCC(c2ccc(-c3nnc[nH]3)cc2)CC1. The number of benzene rings is 1. The Morgan fingerprint density at radius 3 is 2.54 bits per heavy atom. The van der Waals surface area contributed by atoms with Gasteiger partial charge in [-0.05, 0) is 37.2 Å². The molecular formula is C17H18N6O3. The first-order valence-corrected chi connectivity index (χ1v) is 8.48. The molecule has 0 aliphatic heterocycles. The second kappa shape index (κ2) is 6.95. The lowest BCUT2D eigenvalue weighted by Gasteiger charge is -2.28. The summed E-state index contributed by atoms with van der Waals surface area (Å²) in [7, 11) is 0. The summed E-state index contributed by atoms with van der Waals surface area (Å²) >= 11 is 0. The molecule has 3 aromatic rings. The topological polar surface area (TPSA) is 130 Å². The van der Waals surface area contributed by atoms with Gasteiger partial charge in [0, 0.05) is 5.56 Å². The minimum atomic E-state index is -1.12. The molecule has 134 valence electrons. The molecule has 0 atom stereocenters. The van der Waals surface area contributed by atoms with Crippen LogP contribution in [0.15, 0.2) is 30.6 Å². The number of ether oxygens (including phenoxy) is 1. The lowest BCUT2D eigenvalue weighted by Crippen LogP contribution is -2.24. The maximum atomic E-state index is 11.1. The molecule has 1 fully saturated rings. The van der Waals surface area contributed by atoms with Crippen molar-refractivity contribution in [1.29, 1.82) is 0 Å². The van der Waals surface area contributed by atoms with Gasteiger partial charge in [-0.25, -0.2) is 9.89 Å². The summed E-state index contributed by atoms with van der Waals surface area (Å²) in [5, 5.41) is 26.5. The Kier molecular flexibility index (Phi) is 4.34. The van der Waals surface area contributed by atoms with Crippen molar-refractivity contribution in [3.63, 3.8) is 0 Å². The van der Waals surface area contributed by atoms with Gasteiger partial charge in [-0.3, -0.25) is 0 Å². The second-order valence-corrected chi connectivity index (χ2v) is 6.35. The van der Waals surface area contributed by atoms with Gasteiger partial charge in [0.25, 0.3) is 5.88 Å². The Labute approximate surface area is 148 Å². The zero-order valence-electron chi connectivity index (χ0n) is 13.9. The van der Waals surface area contributed by atoms with E-state index in [1.165, 1.54) is 5.56 Å². The zero-order chi connectivity index (χ0) is 17.9. The normalized spacial score (nSPS) is 20.0. The van der Waals surface area contributed by atoms with Crippen LogP contribution in [0.5, 0.6) is 5.88 Å². The molecule has 2 heterocycles. The predicted molar refractivity (Wildman–Crippen MR) is 90.8 cm³/mol. The molecule has 3 N–H and O–H groups in total. The molecule has 0 amide bonds. The van der Waals surface area contributed by atoms with Crippen LogP contribution in [0.2, 0.25) is 0 Å². The lowest BCUT2D eigenvalue weighted by molar-refractivity contribution is 0.0678. The van der Waals surface area contributed by atoms with Gasteiger partial charge in [-0.1, -0.05) is 34.6 Å². The standard InChI is InChI=1S/C17H18N6O3/c24-17(25)14-16(22-23-20-14)26-13-7-5-11(6-8-13)10-1-3-12(4-2-10)15-18-9-19-21-15/h1-4,9,11,13H,5-8H2,(H,24,25)(H,18,19,21)(H,20,22,23). The number of hydrogen-bond acceptors (Lipinski definition) is 6. The lowest BCUT2D eigenvalue weighted by atomic mass is 9.82. The fraction of sp³-hybridized carbons (Fsp3) is 0.353. The molecule has 26 heavy (non-hydrogen) atoms. The summed E-state index contributed by atoms with van der Waals surface area (Å²) in [5.74, 6) is 0.174. The molecule has 4 rings (SSSR count). The minimum absolute atomic E-state index is 0.0390. The maximum Gasteiger partial charge on any atom is 0.359 e. The van der Waals surface area contributed by atoms with Crippen molar-refractivity contribution in [2.75, 3.05) is 0 Å². The predicted octanol–water partition coefficient (Wildman–Crippen LogP) is 2.39. The smallest absolute Gasteiger partial charge is 0.359 e. The van der Waals surface area contributed by atoms with E-state index in [9.17, 15) is 4.79 Å². The Hall–Kier alpha value is -3.23. The van der Waals surface area contributed by atoms with Gasteiger partial charge in [0.2, 0.25) is 5.69 Å². The molecule has 0 saturated heterocycles. The van der Waals surface area contributed by atoms with E-state index < -0.39 is 5.97 Å². The van der Waals surface area contributed by atoms with E-state index in [0.29, 0.717) is 5.92 Å². The van der Waals surface area contributed by atoms with Crippen LogP contribution in [-0.4, -0.2) is 47.8 Å². The van der Waals surface area contributed by atoms with Crippen molar-refractivity contribution in [3.05, 3.63) is 41.9 Å². The van der Waals surface area contributed by atoms with Crippen molar-refractivity contribution in [1.82, 2.24) is 30.6 Å². The molecule has 0 radical (unpaired) electrons. The number of aromatic carboxylic acids is 1. The van der Waals surface area contributed by atoms with Crippen molar-refractivity contribution in [3.8, 4) is 17.3 Å². The third-order valence-corrected chi connectivity index (χ3v) is 4.76. The number of carboxylic acid groups (broad SMARTS) is 1. The van der Waals surface area contributed by atoms with E-state index in [2.05, 4.69) is 42.7 Å². The highest BCUT2D eigenvalue weighted by molar-refractivity contribution is 5.87. The monoisotopic (exact) mass is 354 g/mol. The number of aromatic nitrogens is 6.